The zero-order valence-electron chi connectivity index (χ0n) is 17.6. The van der Waals surface area contributed by atoms with Gasteiger partial charge in [-0.1, -0.05) is 18.2 Å². The molecule has 2 heterocycles. The van der Waals surface area contributed by atoms with Crippen molar-refractivity contribution < 1.29 is 9.53 Å². The van der Waals surface area contributed by atoms with E-state index >= 15 is 0 Å². The van der Waals surface area contributed by atoms with E-state index in [2.05, 4.69) is 50.7 Å². The van der Waals surface area contributed by atoms with Crippen LogP contribution in [0.5, 0.6) is 5.75 Å². The molecule has 2 aromatic carbocycles. The van der Waals surface area contributed by atoms with Crippen LogP contribution in [0.25, 0.3) is 10.9 Å². The highest BCUT2D eigenvalue weighted by Gasteiger charge is 2.20. The lowest BCUT2D eigenvalue weighted by Gasteiger charge is -2.33. The van der Waals surface area contributed by atoms with E-state index in [0.29, 0.717) is 19.1 Å². The maximum Gasteiger partial charge on any atom is 0.216 e. The van der Waals surface area contributed by atoms with Gasteiger partial charge in [-0.3, -0.25) is 14.8 Å². The van der Waals surface area contributed by atoms with Gasteiger partial charge in [-0.05, 0) is 67.1 Å². The highest BCUT2D eigenvalue weighted by atomic mass is 16.5. The van der Waals surface area contributed by atoms with Crippen molar-refractivity contribution >= 4 is 16.8 Å². The van der Waals surface area contributed by atoms with E-state index in [4.69, 9.17) is 4.74 Å². The van der Waals surface area contributed by atoms with Crippen molar-refractivity contribution in [2.24, 2.45) is 5.92 Å². The number of H-pyrrole nitrogens is 1. The second kappa shape index (κ2) is 9.76. The Morgan fingerprint density at radius 1 is 1.27 bits per heavy atom. The first-order valence-corrected chi connectivity index (χ1v) is 10.8. The molecule has 158 valence electrons. The molecule has 1 unspecified atom stereocenters. The van der Waals surface area contributed by atoms with Crippen LogP contribution in [0.1, 0.15) is 30.9 Å². The van der Waals surface area contributed by atoms with Crippen LogP contribution < -0.4 is 10.1 Å². The van der Waals surface area contributed by atoms with Gasteiger partial charge in [0.2, 0.25) is 5.91 Å². The predicted molar refractivity (Wildman–Crippen MR) is 118 cm³/mol. The summed E-state index contributed by atoms with van der Waals surface area (Å²) in [6.45, 7) is 5.73. The van der Waals surface area contributed by atoms with Gasteiger partial charge in [0.25, 0.3) is 0 Å². The molecule has 1 fully saturated rings. The van der Waals surface area contributed by atoms with Gasteiger partial charge in [-0.15, -0.1) is 0 Å². The Labute approximate surface area is 177 Å². The molecule has 1 aliphatic rings. The second-order valence-corrected chi connectivity index (χ2v) is 8.22. The molecule has 1 atom stereocenters. The monoisotopic (exact) mass is 406 g/mol. The Hall–Kier alpha value is -2.86. The number of aromatic amines is 1. The fraction of sp³-hybridized carbons (Fsp3) is 0.417. The molecule has 1 aliphatic heterocycles. The molecule has 0 radical (unpaired) electrons. The van der Waals surface area contributed by atoms with E-state index < -0.39 is 0 Å². The van der Waals surface area contributed by atoms with E-state index in [-0.39, 0.29) is 5.91 Å². The number of rotatable bonds is 8. The van der Waals surface area contributed by atoms with Gasteiger partial charge in [0.1, 0.15) is 12.4 Å². The summed E-state index contributed by atoms with van der Waals surface area (Å²) >= 11 is 0. The third-order valence-corrected chi connectivity index (χ3v) is 5.68. The zero-order chi connectivity index (χ0) is 20.8. The van der Waals surface area contributed by atoms with Crippen molar-refractivity contribution in [2.45, 2.75) is 32.7 Å². The molecule has 1 amide bonds. The summed E-state index contributed by atoms with van der Waals surface area (Å²) in [5.74, 6) is 1.51. The van der Waals surface area contributed by atoms with Crippen molar-refractivity contribution in [3.63, 3.8) is 0 Å². The smallest absolute Gasteiger partial charge is 0.216 e. The summed E-state index contributed by atoms with van der Waals surface area (Å²) < 4.78 is 5.77. The van der Waals surface area contributed by atoms with Crippen LogP contribution in [0.4, 0.5) is 0 Å². The van der Waals surface area contributed by atoms with E-state index in [1.165, 1.54) is 36.3 Å². The molecular weight excluding hydrogens is 376 g/mol. The molecular formula is C24H30N4O2. The topological polar surface area (TPSA) is 70.2 Å². The Morgan fingerprint density at radius 3 is 3.10 bits per heavy atom. The zero-order valence-corrected chi connectivity index (χ0v) is 17.6. The number of benzene rings is 2. The number of carbonyl (C=O) groups is 1. The predicted octanol–water partition coefficient (Wildman–Crippen LogP) is 3.53. The standard InChI is InChI=1S/C24H30N4O2/c1-18(29)25-9-11-30-23-6-2-4-21(14-23)17-28-10-3-5-20(16-28)12-19-7-8-24-22(13-19)15-26-27-24/h2,4,6-8,13-15,20H,3,5,9-12,16-17H2,1H3,(H,25,29)(H,26,27). The number of piperidine rings is 1. The molecule has 3 aromatic rings. The highest BCUT2D eigenvalue weighted by Crippen LogP contribution is 2.24. The first kappa shape index (κ1) is 20.4. The number of nitrogens with zero attached hydrogens (tertiary/aromatic N) is 2. The van der Waals surface area contributed by atoms with E-state index in [1.807, 2.05) is 18.3 Å². The number of nitrogens with one attached hydrogen (secondary N) is 2. The molecule has 30 heavy (non-hydrogen) atoms. The fourth-order valence-corrected chi connectivity index (χ4v) is 4.30. The van der Waals surface area contributed by atoms with Gasteiger partial charge in [-0.25, -0.2) is 0 Å². The van der Waals surface area contributed by atoms with Gasteiger partial charge in [0, 0.05) is 25.4 Å². The van der Waals surface area contributed by atoms with E-state index in [1.54, 1.807) is 0 Å². The van der Waals surface area contributed by atoms with Crippen molar-refractivity contribution in [1.29, 1.82) is 0 Å². The minimum atomic E-state index is -0.0308. The number of hydrogen-bond donors (Lipinski definition) is 2. The maximum absolute atomic E-state index is 10.9. The van der Waals surface area contributed by atoms with Crippen molar-refractivity contribution in [3.8, 4) is 5.75 Å². The highest BCUT2D eigenvalue weighted by molar-refractivity contribution is 5.78. The quantitative estimate of drug-likeness (QED) is 0.562. The first-order valence-electron chi connectivity index (χ1n) is 10.8. The Balaban J connectivity index is 1.30. The number of carbonyl (C=O) groups excluding carboxylic acids is 1. The number of hydrogen-bond acceptors (Lipinski definition) is 4. The molecule has 1 saturated heterocycles. The van der Waals surface area contributed by atoms with Gasteiger partial charge in [-0.2, -0.15) is 5.10 Å². The Morgan fingerprint density at radius 2 is 2.20 bits per heavy atom. The molecule has 6 heteroatoms. The molecule has 2 N–H and O–H groups in total. The van der Waals surface area contributed by atoms with Gasteiger partial charge in [0.05, 0.1) is 18.3 Å². The fourth-order valence-electron chi connectivity index (χ4n) is 4.30. The molecule has 1 aromatic heterocycles. The lowest BCUT2D eigenvalue weighted by atomic mass is 9.90. The van der Waals surface area contributed by atoms with Crippen LogP contribution >= 0.6 is 0 Å². The minimum absolute atomic E-state index is 0.0308. The SMILES string of the molecule is CC(=O)NCCOc1cccc(CN2CCCC(Cc3ccc4[nH]ncc4c3)C2)c1. The Kier molecular flexibility index (Phi) is 6.64. The molecule has 6 nitrogen and oxygen atoms in total. The summed E-state index contributed by atoms with van der Waals surface area (Å²) in [6, 6.07) is 14.9. The van der Waals surface area contributed by atoms with Crippen LogP contribution in [0, 0.1) is 5.92 Å². The van der Waals surface area contributed by atoms with Crippen molar-refractivity contribution in [3.05, 3.63) is 59.8 Å². The third kappa shape index (κ3) is 5.60. The van der Waals surface area contributed by atoms with Crippen LogP contribution in [0.15, 0.2) is 48.7 Å². The average molecular weight is 407 g/mol. The average Bonchev–Trinajstić information content (AvgIpc) is 3.20. The molecule has 0 saturated carbocycles. The molecule has 0 spiro atoms. The maximum atomic E-state index is 10.9. The lowest BCUT2D eigenvalue weighted by molar-refractivity contribution is -0.119. The summed E-state index contributed by atoms with van der Waals surface area (Å²) in [5, 5.41) is 11.1. The molecule has 0 aliphatic carbocycles. The van der Waals surface area contributed by atoms with E-state index in [9.17, 15) is 4.79 Å². The second-order valence-electron chi connectivity index (χ2n) is 8.22. The minimum Gasteiger partial charge on any atom is -0.492 e. The summed E-state index contributed by atoms with van der Waals surface area (Å²) in [5.41, 5.74) is 3.76. The van der Waals surface area contributed by atoms with Gasteiger partial charge >= 0.3 is 0 Å². The number of likely N-dealkylation sites (tertiary alicyclic amines) is 1. The summed E-state index contributed by atoms with van der Waals surface area (Å²) in [7, 11) is 0. The van der Waals surface area contributed by atoms with Gasteiger partial charge in [0.15, 0.2) is 0 Å². The van der Waals surface area contributed by atoms with E-state index in [0.717, 1.165) is 37.3 Å². The summed E-state index contributed by atoms with van der Waals surface area (Å²) in [4.78, 5) is 13.5. The number of ether oxygens (including phenoxy) is 1. The largest absolute Gasteiger partial charge is 0.492 e. The van der Waals surface area contributed by atoms with Crippen molar-refractivity contribution in [2.75, 3.05) is 26.2 Å². The Bertz CT molecular complexity index is 984. The summed E-state index contributed by atoms with van der Waals surface area (Å²) in [6.07, 6.45) is 5.54. The van der Waals surface area contributed by atoms with Crippen LogP contribution in [0.2, 0.25) is 0 Å². The van der Waals surface area contributed by atoms with Crippen LogP contribution in [-0.4, -0.2) is 47.2 Å². The van der Waals surface area contributed by atoms with Crippen molar-refractivity contribution in [1.82, 2.24) is 20.4 Å². The van der Waals surface area contributed by atoms with Crippen LogP contribution in [0.3, 0.4) is 0 Å². The molecule has 4 rings (SSSR count). The number of aromatic nitrogens is 2. The first-order chi connectivity index (χ1) is 14.7. The number of fused-ring (bicyclic) bond motifs is 1. The third-order valence-electron chi connectivity index (χ3n) is 5.68. The normalized spacial score (nSPS) is 17.2. The lowest BCUT2D eigenvalue weighted by Crippen LogP contribution is -2.35. The number of amides is 1. The van der Waals surface area contributed by atoms with Crippen LogP contribution in [-0.2, 0) is 17.8 Å². The van der Waals surface area contributed by atoms with Gasteiger partial charge < -0.3 is 10.1 Å². The molecule has 0 bridgehead atoms.